The molecule has 0 aliphatic heterocycles. The number of carbonyl (C=O) groups is 1. The SMILES string of the molecule is COC(=O)C(CCOc1ccccc1C(C)C)NC(C)C. The van der Waals surface area contributed by atoms with Gasteiger partial charge in [-0.1, -0.05) is 45.9 Å². The van der Waals surface area contributed by atoms with Gasteiger partial charge in [-0.15, -0.1) is 0 Å². The molecule has 0 saturated heterocycles. The molecule has 1 atom stereocenters. The molecule has 0 heterocycles. The van der Waals surface area contributed by atoms with Gasteiger partial charge in [0.05, 0.1) is 13.7 Å². The summed E-state index contributed by atoms with van der Waals surface area (Å²) in [7, 11) is 1.41. The number of para-hydroxylation sites is 1. The van der Waals surface area contributed by atoms with Crippen molar-refractivity contribution >= 4 is 5.97 Å². The standard InChI is InChI=1S/C17H27NO3/c1-12(2)14-8-6-7-9-16(14)21-11-10-15(17(19)20-5)18-13(3)4/h6-9,12-13,15,18H,10-11H2,1-5H3. The lowest BCUT2D eigenvalue weighted by Gasteiger charge is -2.20. The van der Waals surface area contributed by atoms with E-state index in [1.807, 2.05) is 32.0 Å². The van der Waals surface area contributed by atoms with Gasteiger partial charge in [-0.25, -0.2) is 0 Å². The Balaban J connectivity index is 2.60. The zero-order chi connectivity index (χ0) is 15.8. The van der Waals surface area contributed by atoms with Crippen LogP contribution in [0, 0.1) is 0 Å². The second-order valence-electron chi connectivity index (χ2n) is 5.73. The second kappa shape index (κ2) is 8.67. The normalized spacial score (nSPS) is 12.5. The first-order chi connectivity index (χ1) is 9.95. The number of nitrogens with one attached hydrogen (secondary N) is 1. The highest BCUT2D eigenvalue weighted by molar-refractivity contribution is 5.75. The zero-order valence-electron chi connectivity index (χ0n) is 13.7. The molecule has 0 bridgehead atoms. The van der Waals surface area contributed by atoms with Crippen molar-refractivity contribution < 1.29 is 14.3 Å². The fourth-order valence-electron chi connectivity index (χ4n) is 2.19. The van der Waals surface area contributed by atoms with Crippen LogP contribution in [0.4, 0.5) is 0 Å². The van der Waals surface area contributed by atoms with Crippen molar-refractivity contribution in [2.45, 2.75) is 52.1 Å². The minimum atomic E-state index is -0.332. The largest absolute Gasteiger partial charge is 0.493 e. The molecular formula is C17H27NO3. The van der Waals surface area contributed by atoms with Gasteiger partial charge in [0, 0.05) is 12.5 Å². The van der Waals surface area contributed by atoms with E-state index < -0.39 is 0 Å². The number of carbonyl (C=O) groups excluding carboxylic acids is 1. The van der Waals surface area contributed by atoms with Gasteiger partial charge in [-0.2, -0.15) is 0 Å². The minimum absolute atomic E-state index is 0.219. The van der Waals surface area contributed by atoms with E-state index in [1.165, 1.54) is 12.7 Å². The van der Waals surface area contributed by atoms with E-state index in [-0.39, 0.29) is 18.1 Å². The Hall–Kier alpha value is -1.55. The predicted octanol–water partition coefficient (Wildman–Crippen LogP) is 3.12. The molecular weight excluding hydrogens is 266 g/mol. The Bertz CT molecular complexity index is 443. The first-order valence-electron chi connectivity index (χ1n) is 7.51. The lowest BCUT2D eigenvalue weighted by Crippen LogP contribution is -2.42. The van der Waals surface area contributed by atoms with E-state index in [1.54, 1.807) is 0 Å². The molecule has 118 valence electrons. The molecule has 1 rings (SSSR count). The molecule has 0 aromatic heterocycles. The van der Waals surface area contributed by atoms with E-state index in [2.05, 4.69) is 25.2 Å². The highest BCUT2D eigenvalue weighted by atomic mass is 16.5. The number of benzene rings is 1. The van der Waals surface area contributed by atoms with Crippen molar-refractivity contribution in [3.63, 3.8) is 0 Å². The number of methoxy groups -OCH3 is 1. The summed E-state index contributed by atoms with van der Waals surface area (Å²) in [5, 5.41) is 3.20. The van der Waals surface area contributed by atoms with Gasteiger partial charge < -0.3 is 14.8 Å². The maximum Gasteiger partial charge on any atom is 0.322 e. The smallest absolute Gasteiger partial charge is 0.322 e. The van der Waals surface area contributed by atoms with Gasteiger partial charge in [0.1, 0.15) is 11.8 Å². The van der Waals surface area contributed by atoms with Crippen LogP contribution in [-0.4, -0.2) is 31.8 Å². The summed E-state index contributed by atoms with van der Waals surface area (Å²) < 4.78 is 10.7. The molecule has 1 N–H and O–H groups in total. The van der Waals surface area contributed by atoms with E-state index >= 15 is 0 Å². The molecule has 0 fully saturated rings. The Morgan fingerprint density at radius 1 is 1.19 bits per heavy atom. The van der Waals surface area contributed by atoms with Gasteiger partial charge in [0.2, 0.25) is 0 Å². The zero-order valence-corrected chi connectivity index (χ0v) is 13.7. The highest BCUT2D eigenvalue weighted by Crippen LogP contribution is 2.25. The molecule has 0 saturated carbocycles. The lowest BCUT2D eigenvalue weighted by atomic mass is 10.0. The van der Waals surface area contributed by atoms with E-state index in [4.69, 9.17) is 9.47 Å². The molecule has 0 amide bonds. The number of rotatable bonds is 8. The second-order valence-corrected chi connectivity index (χ2v) is 5.73. The Morgan fingerprint density at radius 3 is 2.43 bits per heavy atom. The molecule has 0 aliphatic carbocycles. The number of hydrogen-bond donors (Lipinski definition) is 1. The summed E-state index contributed by atoms with van der Waals surface area (Å²) in [4.78, 5) is 11.7. The van der Waals surface area contributed by atoms with Crippen LogP contribution in [-0.2, 0) is 9.53 Å². The Morgan fingerprint density at radius 2 is 1.86 bits per heavy atom. The quantitative estimate of drug-likeness (QED) is 0.748. The van der Waals surface area contributed by atoms with Crippen LogP contribution in [0.5, 0.6) is 5.75 Å². The van der Waals surface area contributed by atoms with Crippen molar-refractivity contribution in [1.29, 1.82) is 0 Å². The fourth-order valence-corrected chi connectivity index (χ4v) is 2.19. The maximum atomic E-state index is 11.7. The molecule has 21 heavy (non-hydrogen) atoms. The molecule has 1 aromatic carbocycles. The van der Waals surface area contributed by atoms with Crippen molar-refractivity contribution in [3.8, 4) is 5.75 Å². The van der Waals surface area contributed by atoms with E-state index in [9.17, 15) is 4.79 Å². The summed E-state index contributed by atoms with van der Waals surface area (Å²) in [6.45, 7) is 8.76. The van der Waals surface area contributed by atoms with Crippen LogP contribution in [0.15, 0.2) is 24.3 Å². The van der Waals surface area contributed by atoms with Gasteiger partial charge >= 0.3 is 5.97 Å². The first kappa shape index (κ1) is 17.5. The molecule has 0 radical (unpaired) electrons. The van der Waals surface area contributed by atoms with Crippen molar-refractivity contribution in [2.24, 2.45) is 0 Å². The number of hydrogen-bond acceptors (Lipinski definition) is 4. The summed E-state index contributed by atoms with van der Waals surface area (Å²) in [5.74, 6) is 1.05. The maximum absolute atomic E-state index is 11.7. The molecule has 0 aliphatic rings. The third kappa shape index (κ3) is 5.76. The van der Waals surface area contributed by atoms with Gasteiger partial charge in [0.25, 0.3) is 0 Å². The number of ether oxygens (including phenoxy) is 2. The molecule has 0 spiro atoms. The monoisotopic (exact) mass is 293 g/mol. The Labute approximate surface area is 127 Å². The van der Waals surface area contributed by atoms with Gasteiger partial charge in [-0.3, -0.25) is 4.79 Å². The summed E-state index contributed by atoms with van der Waals surface area (Å²) in [6, 6.07) is 7.91. The lowest BCUT2D eigenvalue weighted by molar-refractivity contribution is -0.143. The van der Waals surface area contributed by atoms with Crippen LogP contribution in [0.2, 0.25) is 0 Å². The van der Waals surface area contributed by atoms with Crippen molar-refractivity contribution in [1.82, 2.24) is 5.32 Å². The van der Waals surface area contributed by atoms with Crippen molar-refractivity contribution in [3.05, 3.63) is 29.8 Å². The average Bonchev–Trinajstić information content (AvgIpc) is 2.45. The molecule has 1 aromatic rings. The first-order valence-corrected chi connectivity index (χ1v) is 7.51. The highest BCUT2D eigenvalue weighted by Gasteiger charge is 2.20. The predicted molar refractivity (Wildman–Crippen MR) is 84.7 cm³/mol. The van der Waals surface area contributed by atoms with Crippen LogP contribution in [0.1, 0.15) is 45.6 Å². The molecule has 1 unspecified atom stereocenters. The van der Waals surface area contributed by atoms with Crippen LogP contribution in [0.3, 0.4) is 0 Å². The Kier molecular flexibility index (Phi) is 7.23. The summed E-state index contributed by atoms with van der Waals surface area (Å²) in [5.41, 5.74) is 1.18. The third-order valence-corrected chi connectivity index (χ3v) is 3.23. The summed E-state index contributed by atoms with van der Waals surface area (Å²) >= 11 is 0. The van der Waals surface area contributed by atoms with Crippen LogP contribution in [0.25, 0.3) is 0 Å². The number of esters is 1. The molecule has 4 heteroatoms. The van der Waals surface area contributed by atoms with Gasteiger partial charge in [-0.05, 0) is 17.5 Å². The van der Waals surface area contributed by atoms with Crippen LogP contribution >= 0.6 is 0 Å². The third-order valence-electron chi connectivity index (χ3n) is 3.23. The minimum Gasteiger partial charge on any atom is -0.493 e. The fraction of sp³-hybridized carbons (Fsp3) is 0.588. The van der Waals surface area contributed by atoms with Crippen LogP contribution < -0.4 is 10.1 Å². The topological polar surface area (TPSA) is 47.6 Å². The van der Waals surface area contributed by atoms with E-state index in [0.29, 0.717) is 18.9 Å². The molecule has 4 nitrogen and oxygen atoms in total. The average molecular weight is 293 g/mol. The van der Waals surface area contributed by atoms with E-state index in [0.717, 1.165) is 5.75 Å². The van der Waals surface area contributed by atoms with Crippen molar-refractivity contribution in [2.75, 3.05) is 13.7 Å². The van der Waals surface area contributed by atoms with Gasteiger partial charge in [0.15, 0.2) is 0 Å². The summed E-state index contributed by atoms with van der Waals surface area (Å²) in [6.07, 6.45) is 0.581.